The molecule has 6 heteroatoms. The highest BCUT2D eigenvalue weighted by atomic mass is 32.1. The number of rotatable bonds is 2. The molecule has 0 spiro atoms. The number of benzene rings is 1. The van der Waals surface area contributed by atoms with Gasteiger partial charge < -0.3 is 4.74 Å². The lowest BCUT2D eigenvalue weighted by Gasteiger charge is -1.95. The van der Waals surface area contributed by atoms with Crippen LogP contribution in [0.1, 0.15) is 17.4 Å². The lowest BCUT2D eigenvalue weighted by molar-refractivity contribution is 0.0520. The summed E-state index contributed by atoms with van der Waals surface area (Å²) in [6, 6.07) is 4.52. The van der Waals surface area contributed by atoms with Crippen molar-refractivity contribution in [2.75, 3.05) is 6.61 Å². The third kappa shape index (κ3) is 1.65. The Hall–Kier alpha value is -1.95. The summed E-state index contributed by atoms with van der Waals surface area (Å²) in [5, 5.41) is 0. The molecular formula is C12H9FN2O2S. The Morgan fingerprint density at radius 2 is 2.39 bits per heavy atom. The van der Waals surface area contributed by atoms with Crippen LogP contribution in [0.4, 0.5) is 4.39 Å². The molecule has 0 fully saturated rings. The predicted molar refractivity (Wildman–Crippen MR) is 66.5 cm³/mol. The van der Waals surface area contributed by atoms with Crippen LogP contribution in [0.2, 0.25) is 0 Å². The average molecular weight is 264 g/mol. The molecular weight excluding hydrogens is 255 g/mol. The number of carbonyl (C=O) groups is 1. The van der Waals surface area contributed by atoms with E-state index in [4.69, 9.17) is 4.74 Å². The van der Waals surface area contributed by atoms with Gasteiger partial charge in [0.15, 0.2) is 10.7 Å². The highest BCUT2D eigenvalue weighted by Crippen LogP contribution is 2.27. The van der Waals surface area contributed by atoms with E-state index in [2.05, 4.69) is 4.98 Å². The molecule has 92 valence electrons. The van der Waals surface area contributed by atoms with Crippen molar-refractivity contribution in [3.8, 4) is 0 Å². The van der Waals surface area contributed by atoms with Crippen LogP contribution in [0.3, 0.4) is 0 Å². The number of halogens is 1. The molecule has 0 aliphatic carbocycles. The number of aromatic nitrogens is 2. The molecule has 0 amide bonds. The molecule has 1 aromatic carbocycles. The molecule has 0 atom stereocenters. The van der Waals surface area contributed by atoms with Gasteiger partial charge in [-0.3, -0.25) is 4.40 Å². The number of hydrogen-bond acceptors (Lipinski definition) is 4. The Labute approximate surface area is 106 Å². The Balaban J connectivity index is 2.16. The summed E-state index contributed by atoms with van der Waals surface area (Å²) in [6.07, 6.45) is 1.62. The summed E-state index contributed by atoms with van der Waals surface area (Å²) in [5.41, 5.74) is 1.11. The highest BCUT2D eigenvalue weighted by Gasteiger charge is 2.15. The van der Waals surface area contributed by atoms with Gasteiger partial charge in [0, 0.05) is 6.20 Å². The number of fused-ring (bicyclic) bond motifs is 3. The van der Waals surface area contributed by atoms with Gasteiger partial charge in [-0.1, -0.05) is 11.3 Å². The Morgan fingerprint density at radius 3 is 3.17 bits per heavy atom. The smallest absolute Gasteiger partial charge is 0.358 e. The van der Waals surface area contributed by atoms with Gasteiger partial charge >= 0.3 is 5.97 Å². The van der Waals surface area contributed by atoms with Crippen molar-refractivity contribution < 1.29 is 13.9 Å². The van der Waals surface area contributed by atoms with Crippen LogP contribution in [0.15, 0.2) is 24.4 Å². The fourth-order valence-electron chi connectivity index (χ4n) is 1.78. The summed E-state index contributed by atoms with van der Waals surface area (Å²) in [4.78, 5) is 16.4. The number of nitrogens with zero attached hydrogens (tertiary/aromatic N) is 2. The van der Waals surface area contributed by atoms with E-state index < -0.39 is 5.97 Å². The fraction of sp³-hybridized carbons (Fsp3) is 0.167. The van der Waals surface area contributed by atoms with Gasteiger partial charge in [-0.05, 0) is 25.1 Å². The maximum atomic E-state index is 13.1. The summed E-state index contributed by atoms with van der Waals surface area (Å²) >= 11 is 1.34. The predicted octanol–water partition coefficient (Wildman–Crippen LogP) is 2.86. The monoisotopic (exact) mass is 264 g/mol. The SMILES string of the molecule is CCOC(=O)c1cn2c(n1)sc1cc(F)ccc12. The Bertz CT molecular complexity index is 747. The van der Waals surface area contributed by atoms with Crippen molar-refractivity contribution in [1.29, 1.82) is 0 Å². The minimum Gasteiger partial charge on any atom is -0.461 e. The zero-order valence-corrected chi connectivity index (χ0v) is 10.3. The minimum atomic E-state index is -0.441. The zero-order valence-electron chi connectivity index (χ0n) is 9.51. The van der Waals surface area contributed by atoms with E-state index in [0.29, 0.717) is 11.6 Å². The third-order valence-electron chi connectivity index (χ3n) is 2.54. The Morgan fingerprint density at radius 1 is 1.56 bits per heavy atom. The van der Waals surface area contributed by atoms with E-state index in [1.807, 2.05) is 0 Å². The molecule has 0 aliphatic rings. The van der Waals surface area contributed by atoms with E-state index in [9.17, 15) is 9.18 Å². The van der Waals surface area contributed by atoms with Crippen molar-refractivity contribution in [3.05, 3.63) is 35.9 Å². The molecule has 3 aromatic rings. The maximum absolute atomic E-state index is 13.1. The van der Waals surface area contributed by atoms with Gasteiger partial charge in [0.2, 0.25) is 0 Å². The van der Waals surface area contributed by atoms with E-state index in [0.717, 1.165) is 10.2 Å². The average Bonchev–Trinajstić information content (AvgIpc) is 2.85. The number of esters is 1. The topological polar surface area (TPSA) is 43.6 Å². The molecule has 0 aliphatic heterocycles. The van der Waals surface area contributed by atoms with Crippen molar-refractivity contribution in [1.82, 2.24) is 9.38 Å². The molecule has 0 saturated heterocycles. The number of hydrogen-bond donors (Lipinski definition) is 0. The van der Waals surface area contributed by atoms with Gasteiger partial charge in [-0.2, -0.15) is 0 Å². The fourth-order valence-corrected chi connectivity index (χ4v) is 2.81. The summed E-state index contributed by atoms with van der Waals surface area (Å²) in [6.45, 7) is 2.06. The molecule has 0 radical (unpaired) electrons. The third-order valence-corrected chi connectivity index (χ3v) is 3.56. The molecule has 2 heterocycles. The van der Waals surface area contributed by atoms with Crippen LogP contribution >= 0.6 is 11.3 Å². The van der Waals surface area contributed by atoms with E-state index in [1.165, 1.54) is 23.5 Å². The van der Waals surface area contributed by atoms with Crippen molar-refractivity contribution >= 4 is 32.5 Å². The zero-order chi connectivity index (χ0) is 12.7. The first-order valence-electron chi connectivity index (χ1n) is 5.43. The van der Waals surface area contributed by atoms with E-state index >= 15 is 0 Å². The Kier molecular flexibility index (Phi) is 2.52. The molecule has 4 nitrogen and oxygen atoms in total. The van der Waals surface area contributed by atoms with Gasteiger partial charge in [-0.15, -0.1) is 0 Å². The van der Waals surface area contributed by atoms with Crippen LogP contribution < -0.4 is 0 Å². The summed E-state index contributed by atoms with van der Waals surface area (Å²) in [5.74, 6) is -0.721. The van der Waals surface area contributed by atoms with Crippen molar-refractivity contribution in [3.63, 3.8) is 0 Å². The first-order valence-corrected chi connectivity index (χ1v) is 6.25. The van der Waals surface area contributed by atoms with E-state index in [1.54, 1.807) is 23.6 Å². The van der Waals surface area contributed by atoms with Gasteiger partial charge in [0.1, 0.15) is 5.82 Å². The summed E-state index contributed by atoms with van der Waals surface area (Å²) < 4.78 is 20.5. The van der Waals surface area contributed by atoms with Crippen LogP contribution in [0.25, 0.3) is 15.2 Å². The number of carbonyl (C=O) groups excluding carboxylic acids is 1. The maximum Gasteiger partial charge on any atom is 0.358 e. The number of thiazole rings is 1. The number of imidazole rings is 1. The lowest BCUT2D eigenvalue weighted by Crippen LogP contribution is -2.04. The van der Waals surface area contributed by atoms with Crippen LogP contribution in [-0.2, 0) is 4.74 Å². The quantitative estimate of drug-likeness (QED) is 0.668. The largest absolute Gasteiger partial charge is 0.461 e. The first kappa shape index (κ1) is 11.2. The van der Waals surface area contributed by atoms with E-state index in [-0.39, 0.29) is 11.5 Å². The molecule has 0 unspecified atom stereocenters. The molecule has 0 N–H and O–H groups in total. The van der Waals surface area contributed by atoms with Crippen LogP contribution in [0, 0.1) is 5.82 Å². The second-order valence-electron chi connectivity index (χ2n) is 3.71. The molecule has 2 aromatic heterocycles. The van der Waals surface area contributed by atoms with Gasteiger partial charge in [0.25, 0.3) is 0 Å². The van der Waals surface area contributed by atoms with Crippen LogP contribution in [0.5, 0.6) is 0 Å². The second kappa shape index (κ2) is 4.06. The number of ether oxygens (including phenoxy) is 1. The molecule has 0 saturated carbocycles. The van der Waals surface area contributed by atoms with Gasteiger partial charge in [-0.25, -0.2) is 14.2 Å². The summed E-state index contributed by atoms with van der Waals surface area (Å²) in [7, 11) is 0. The van der Waals surface area contributed by atoms with Crippen molar-refractivity contribution in [2.24, 2.45) is 0 Å². The minimum absolute atomic E-state index is 0.273. The van der Waals surface area contributed by atoms with Gasteiger partial charge in [0.05, 0.1) is 16.8 Å². The molecule has 18 heavy (non-hydrogen) atoms. The normalized spacial score (nSPS) is 11.2. The lowest BCUT2D eigenvalue weighted by atomic mass is 10.3. The van der Waals surface area contributed by atoms with Crippen molar-refractivity contribution in [2.45, 2.75) is 6.92 Å². The standard InChI is InChI=1S/C12H9FN2O2S/c1-2-17-11(16)8-6-15-9-4-3-7(13)5-10(9)18-12(15)14-8/h3-6H,2H2,1H3. The van der Waals surface area contributed by atoms with Crippen LogP contribution in [-0.4, -0.2) is 22.0 Å². The molecule has 3 rings (SSSR count). The first-order chi connectivity index (χ1) is 8.69. The second-order valence-corrected chi connectivity index (χ2v) is 4.72. The highest BCUT2D eigenvalue weighted by molar-refractivity contribution is 7.23. The molecule has 0 bridgehead atoms.